The number of nitriles is 1. The third-order valence-corrected chi connectivity index (χ3v) is 2.76. The lowest BCUT2D eigenvalue weighted by Gasteiger charge is -2.03. The number of nitrogens with zero attached hydrogens (tertiary/aromatic N) is 2. The van der Waals surface area contributed by atoms with E-state index in [1.165, 1.54) is 18.4 Å². The van der Waals surface area contributed by atoms with Gasteiger partial charge in [-0.15, -0.1) is 0 Å². The normalized spacial score (nSPS) is 10.2. The van der Waals surface area contributed by atoms with Crippen molar-refractivity contribution in [3.05, 3.63) is 41.7 Å². The molecule has 0 unspecified atom stereocenters. The van der Waals surface area contributed by atoms with Crippen LogP contribution in [0.4, 0.5) is 0 Å². The number of fused-ring (bicyclic) bond motifs is 1. The average molecular weight is 210 g/mol. The van der Waals surface area contributed by atoms with Gasteiger partial charge in [-0.25, -0.2) is 4.98 Å². The molecule has 2 nitrogen and oxygen atoms in total. The van der Waals surface area contributed by atoms with Crippen LogP contribution in [0.5, 0.6) is 0 Å². The molecule has 0 aliphatic rings. The van der Waals surface area contributed by atoms with Gasteiger partial charge in [0.05, 0.1) is 0 Å². The van der Waals surface area contributed by atoms with E-state index in [1.807, 2.05) is 6.07 Å². The van der Waals surface area contributed by atoms with Gasteiger partial charge in [-0.05, 0) is 35.9 Å². The number of hydrogen-bond acceptors (Lipinski definition) is 2. The standard InChI is InChI=1S/C14H14N2/c1-2-3-4-11-5-6-12-7-8-16-14(10-15)13(12)9-11/h5-9H,2-4H2,1H3. The molecule has 0 saturated carbocycles. The number of aromatic nitrogens is 1. The number of rotatable bonds is 3. The van der Waals surface area contributed by atoms with E-state index in [-0.39, 0.29) is 0 Å². The molecule has 0 bridgehead atoms. The zero-order valence-electron chi connectivity index (χ0n) is 9.40. The van der Waals surface area contributed by atoms with E-state index in [2.05, 4.69) is 36.2 Å². The van der Waals surface area contributed by atoms with Gasteiger partial charge >= 0.3 is 0 Å². The zero-order valence-corrected chi connectivity index (χ0v) is 9.40. The van der Waals surface area contributed by atoms with Crippen LogP contribution in [0, 0.1) is 11.3 Å². The predicted molar refractivity (Wildman–Crippen MR) is 65.1 cm³/mol. The smallest absolute Gasteiger partial charge is 0.148 e. The Labute approximate surface area is 95.6 Å². The van der Waals surface area contributed by atoms with Crippen LogP contribution in [0.3, 0.4) is 0 Å². The molecule has 2 heteroatoms. The highest BCUT2D eigenvalue weighted by Crippen LogP contribution is 2.19. The molecule has 0 amide bonds. The molecule has 0 N–H and O–H groups in total. The number of benzene rings is 1. The van der Waals surface area contributed by atoms with Crippen molar-refractivity contribution < 1.29 is 0 Å². The van der Waals surface area contributed by atoms with E-state index >= 15 is 0 Å². The van der Waals surface area contributed by atoms with Gasteiger partial charge in [0.2, 0.25) is 0 Å². The van der Waals surface area contributed by atoms with Gasteiger partial charge in [0.15, 0.2) is 0 Å². The molecule has 1 aromatic heterocycles. The maximum absolute atomic E-state index is 8.99. The summed E-state index contributed by atoms with van der Waals surface area (Å²) in [5.41, 5.74) is 1.81. The summed E-state index contributed by atoms with van der Waals surface area (Å²) < 4.78 is 0. The molecular formula is C14H14N2. The van der Waals surface area contributed by atoms with Crippen LogP contribution in [0.2, 0.25) is 0 Å². The van der Waals surface area contributed by atoms with Crippen LogP contribution in [0.25, 0.3) is 10.8 Å². The Morgan fingerprint density at radius 2 is 2.19 bits per heavy atom. The number of unbranched alkanes of at least 4 members (excludes halogenated alkanes) is 1. The molecule has 1 aromatic carbocycles. The molecule has 0 aliphatic carbocycles. The summed E-state index contributed by atoms with van der Waals surface area (Å²) >= 11 is 0. The third-order valence-electron chi connectivity index (χ3n) is 2.76. The first kappa shape index (κ1) is 10.6. The van der Waals surface area contributed by atoms with Gasteiger partial charge in [0.1, 0.15) is 11.8 Å². The van der Waals surface area contributed by atoms with Gasteiger partial charge in [0, 0.05) is 11.6 Å². The summed E-state index contributed by atoms with van der Waals surface area (Å²) in [6, 6.07) is 10.4. The highest BCUT2D eigenvalue weighted by atomic mass is 14.7. The van der Waals surface area contributed by atoms with Gasteiger partial charge in [0.25, 0.3) is 0 Å². The maximum Gasteiger partial charge on any atom is 0.148 e. The van der Waals surface area contributed by atoms with Crippen molar-refractivity contribution in [2.45, 2.75) is 26.2 Å². The lowest BCUT2D eigenvalue weighted by molar-refractivity contribution is 0.796. The molecule has 16 heavy (non-hydrogen) atoms. The van der Waals surface area contributed by atoms with Crippen LogP contribution in [0.1, 0.15) is 31.0 Å². The largest absolute Gasteiger partial charge is 0.245 e. The first-order chi connectivity index (χ1) is 7.85. The highest BCUT2D eigenvalue weighted by Gasteiger charge is 2.02. The second-order valence-electron chi connectivity index (χ2n) is 3.93. The van der Waals surface area contributed by atoms with Gasteiger partial charge in [-0.2, -0.15) is 5.26 Å². The Balaban J connectivity index is 2.47. The van der Waals surface area contributed by atoms with Crippen LogP contribution in [-0.4, -0.2) is 4.98 Å². The van der Waals surface area contributed by atoms with E-state index in [9.17, 15) is 0 Å². The fourth-order valence-corrected chi connectivity index (χ4v) is 1.84. The SMILES string of the molecule is CCCCc1ccc2ccnc(C#N)c2c1. The molecule has 0 atom stereocenters. The molecule has 0 fully saturated rings. The van der Waals surface area contributed by atoms with Crippen molar-refractivity contribution >= 4 is 10.8 Å². The van der Waals surface area contributed by atoms with Crippen LogP contribution >= 0.6 is 0 Å². The van der Waals surface area contributed by atoms with Crippen molar-refractivity contribution in [3.63, 3.8) is 0 Å². The van der Waals surface area contributed by atoms with Crippen molar-refractivity contribution in [1.82, 2.24) is 4.98 Å². The summed E-state index contributed by atoms with van der Waals surface area (Å²) in [7, 11) is 0. The Hall–Kier alpha value is -1.88. The molecule has 80 valence electrons. The van der Waals surface area contributed by atoms with Gasteiger partial charge in [-0.3, -0.25) is 0 Å². The first-order valence-corrected chi connectivity index (χ1v) is 5.63. The Morgan fingerprint density at radius 3 is 2.94 bits per heavy atom. The average Bonchev–Trinajstić information content (AvgIpc) is 2.35. The van der Waals surface area contributed by atoms with Crippen molar-refractivity contribution in [2.75, 3.05) is 0 Å². The Morgan fingerprint density at radius 1 is 1.31 bits per heavy atom. The first-order valence-electron chi connectivity index (χ1n) is 5.63. The van der Waals surface area contributed by atoms with Crippen molar-refractivity contribution in [2.24, 2.45) is 0 Å². The van der Waals surface area contributed by atoms with Crippen molar-refractivity contribution in [1.29, 1.82) is 5.26 Å². The lowest BCUT2D eigenvalue weighted by atomic mass is 10.0. The summed E-state index contributed by atoms with van der Waals surface area (Å²) in [4.78, 5) is 4.09. The van der Waals surface area contributed by atoms with E-state index in [0.29, 0.717) is 5.69 Å². The van der Waals surface area contributed by atoms with E-state index < -0.39 is 0 Å². The highest BCUT2D eigenvalue weighted by molar-refractivity contribution is 5.86. The number of hydrogen-bond donors (Lipinski definition) is 0. The fraction of sp³-hybridized carbons (Fsp3) is 0.286. The molecule has 2 rings (SSSR count). The van der Waals surface area contributed by atoms with Crippen LogP contribution in [0.15, 0.2) is 30.5 Å². The van der Waals surface area contributed by atoms with Gasteiger partial charge in [-0.1, -0.05) is 25.5 Å². The third kappa shape index (κ3) is 2.04. The Kier molecular flexibility index (Phi) is 3.16. The summed E-state index contributed by atoms with van der Waals surface area (Å²) in [5, 5.41) is 11.1. The maximum atomic E-state index is 8.99. The lowest BCUT2D eigenvalue weighted by Crippen LogP contribution is -1.88. The van der Waals surface area contributed by atoms with E-state index in [1.54, 1.807) is 6.20 Å². The number of pyridine rings is 1. The summed E-state index contributed by atoms with van der Waals surface area (Å²) in [6.07, 6.45) is 5.14. The minimum Gasteiger partial charge on any atom is -0.245 e. The second kappa shape index (κ2) is 4.76. The van der Waals surface area contributed by atoms with Crippen molar-refractivity contribution in [3.8, 4) is 6.07 Å². The minimum absolute atomic E-state index is 0.524. The minimum atomic E-state index is 0.524. The zero-order chi connectivity index (χ0) is 11.4. The van der Waals surface area contributed by atoms with Crippen LogP contribution < -0.4 is 0 Å². The summed E-state index contributed by atoms with van der Waals surface area (Å²) in [5.74, 6) is 0. The van der Waals surface area contributed by atoms with E-state index in [4.69, 9.17) is 5.26 Å². The molecule has 0 aliphatic heterocycles. The Bertz CT molecular complexity index is 538. The van der Waals surface area contributed by atoms with Crippen LogP contribution in [-0.2, 0) is 6.42 Å². The van der Waals surface area contributed by atoms with E-state index in [0.717, 1.165) is 17.2 Å². The monoisotopic (exact) mass is 210 g/mol. The van der Waals surface area contributed by atoms with Gasteiger partial charge < -0.3 is 0 Å². The topological polar surface area (TPSA) is 36.7 Å². The quantitative estimate of drug-likeness (QED) is 0.778. The molecule has 1 heterocycles. The molecule has 0 radical (unpaired) electrons. The summed E-state index contributed by atoms with van der Waals surface area (Å²) in [6.45, 7) is 2.18. The predicted octanol–water partition coefficient (Wildman–Crippen LogP) is 3.45. The second-order valence-corrected chi connectivity index (χ2v) is 3.93. The molecule has 0 saturated heterocycles. The number of aryl methyl sites for hydroxylation is 1. The molecule has 2 aromatic rings. The molecular weight excluding hydrogens is 196 g/mol. The fourth-order valence-electron chi connectivity index (χ4n) is 1.84. The molecule has 0 spiro atoms.